The third-order valence-corrected chi connectivity index (χ3v) is 9.42. The standard InChI is InChI=1S/C29H40F2N5O6P/c1-16(2)21(11-8-17(3)32)34-27(38)25-13-10-20-6-4-5-7-23(28(39)36(20)25)35-26(37)24-15-18-14-19(9-12-22(18)33-24)29(30,31)43(40,41)42/h9,12,14-16,20-21,23,25,33H,3-8,10-11,13,32H2,1-2H3,(H,34,38)(H,35,37)(H2,40,41,42)/t20-,21-,23-,25-/m0/s1. The number of nitrogens with zero attached hydrogens (tertiary/aromatic N) is 1. The molecule has 14 heteroatoms. The van der Waals surface area contributed by atoms with E-state index in [1.807, 2.05) is 13.8 Å². The zero-order valence-corrected chi connectivity index (χ0v) is 25.2. The number of fused-ring (bicyclic) bond motifs is 2. The van der Waals surface area contributed by atoms with Crippen LogP contribution >= 0.6 is 7.60 Å². The quantitative estimate of drug-likeness (QED) is 0.218. The average molecular weight is 624 g/mol. The lowest BCUT2D eigenvalue weighted by molar-refractivity contribution is -0.143. The molecule has 236 valence electrons. The van der Waals surface area contributed by atoms with Crippen molar-refractivity contribution in [2.45, 2.75) is 95.0 Å². The Hall–Kier alpha value is -3.28. The average Bonchev–Trinajstić information content (AvgIpc) is 3.54. The molecular formula is C29H40F2N5O6P. The van der Waals surface area contributed by atoms with Crippen molar-refractivity contribution < 1.29 is 37.5 Å². The molecule has 0 aliphatic carbocycles. The van der Waals surface area contributed by atoms with Gasteiger partial charge in [-0.25, -0.2) is 0 Å². The van der Waals surface area contributed by atoms with E-state index in [2.05, 4.69) is 22.2 Å². The van der Waals surface area contributed by atoms with Crippen molar-refractivity contribution in [3.05, 3.63) is 47.8 Å². The number of hydrogen-bond acceptors (Lipinski definition) is 5. The zero-order valence-electron chi connectivity index (χ0n) is 24.3. The summed E-state index contributed by atoms with van der Waals surface area (Å²) in [6, 6.07) is 2.46. The number of aromatic nitrogens is 1. The molecule has 0 spiro atoms. The third kappa shape index (κ3) is 7.11. The first kappa shape index (κ1) is 32.6. The summed E-state index contributed by atoms with van der Waals surface area (Å²) in [6.45, 7) is 7.74. The fraction of sp³-hybridized carbons (Fsp3) is 0.552. The number of carbonyl (C=O) groups is 3. The minimum absolute atomic E-state index is 0.00460. The van der Waals surface area contributed by atoms with Gasteiger partial charge in [0.05, 0.1) is 0 Å². The molecule has 3 heterocycles. The number of halogens is 2. The van der Waals surface area contributed by atoms with Crippen LogP contribution in [0.3, 0.4) is 0 Å². The van der Waals surface area contributed by atoms with E-state index >= 15 is 0 Å². The van der Waals surface area contributed by atoms with E-state index in [4.69, 9.17) is 15.5 Å². The Morgan fingerprint density at radius 1 is 1.19 bits per heavy atom. The molecule has 1 aromatic carbocycles. The first-order valence-corrected chi connectivity index (χ1v) is 16.1. The Morgan fingerprint density at radius 2 is 1.88 bits per heavy atom. The van der Waals surface area contributed by atoms with Crippen LogP contribution in [0.4, 0.5) is 8.78 Å². The van der Waals surface area contributed by atoms with Crippen molar-refractivity contribution >= 4 is 36.2 Å². The van der Waals surface area contributed by atoms with Crippen LogP contribution in [0.5, 0.6) is 0 Å². The summed E-state index contributed by atoms with van der Waals surface area (Å²) in [5.74, 6) is -1.07. The topological polar surface area (TPSA) is 178 Å². The van der Waals surface area contributed by atoms with Crippen LogP contribution in [0.25, 0.3) is 10.9 Å². The highest BCUT2D eigenvalue weighted by Gasteiger charge is 2.50. The molecule has 11 nitrogen and oxygen atoms in total. The van der Waals surface area contributed by atoms with Crippen LogP contribution in [-0.2, 0) is 19.8 Å². The minimum atomic E-state index is -5.76. The lowest BCUT2D eigenvalue weighted by Crippen LogP contribution is -2.57. The smallest absolute Gasteiger partial charge is 0.399 e. The molecule has 2 aliphatic rings. The fourth-order valence-electron chi connectivity index (χ4n) is 5.96. The number of H-pyrrole nitrogens is 1. The van der Waals surface area contributed by atoms with Gasteiger partial charge in [0.15, 0.2) is 0 Å². The number of aromatic amines is 1. The number of allylic oxidation sites excluding steroid dienone is 1. The number of hydrogen-bond donors (Lipinski definition) is 6. The van der Waals surface area contributed by atoms with Crippen molar-refractivity contribution in [3.8, 4) is 0 Å². The highest BCUT2D eigenvalue weighted by atomic mass is 31.2. The minimum Gasteiger partial charge on any atom is -0.403 e. The summed E-state index contributed by atoms with van der Waals surface area (Å²) in [4.78, 5) is 63.1. The second kappa shape index (κ2) is 12.8. The molecular weight excluding hydrogens is 583 g/mol. The first-order valence-electron chi connectivity index (χ1n) is 14.5. The van der Waals surface area contributed by atoms with Gasteiger partial charge in [0.25, 0.3) is 5.91 Å². The highest BCUT2D eigenvalue weighted by Crippen LogP contribution is 2.59. The molecule has 1 aromatic heterocycles. The Morgan fingerprint density at radius 3 is 2.53 bits per heavy atom. The Labute approximate surface area is 248 Å². The highest BCUT2D eigenvalue weighted by molar-refractivity contribution is 7.52. The predicted molar refractivity (Wildman–Crippen MR) is 157 cm³/mol. The van der Waals surface area contributed by atoms with Crippen LogP contribution in [0, 0.1) is 5.92 Å². The van der Waals surface area contributed by atoms with Crippen LogP contribution in [-0.4, -0.2) is 61.6 Å². The maximum atomic E-state index is 14.2. The van der Waals surface area contributed by atoms with E-state index in [1.54, 1.807) is 4.90 Å². The molecule has 2 saturated heterocycles. The molecule has 4 atom stereocenters. The number of carbonyl (C=O) groups excluding carboxylic acids is 3. The van der Waals surface area contributed by atoms with Gasteiger partial charge >= 0.3 is 13.3 Å². The number of nitrogens with one attached hydrogen (secondary N) is 3. The monoisotopic (exact) mass is 623 g/mol. The number of amides is 3. The van der Waals surface area contributed by atoms with E-state index in [-0.39, 0.29) is 40.9 Å². The Kier molecular flexibility index (Phi) is 9.68. The Bertz CT molecular complexity index is 1440. The Balaban J connectivity index is 1.51. The third-order valence-electron chi connectivity index (χ3n) is 8.43. The maximum absolute atomic E-state index is 14.2. The fourth-order valence-corrected chi connectivity index (χ4v) is 6.44. The van der Waals surface area contributed by atoms with E-state index in [0.29, 0.717) is 49.7 Å². The number of rotatable bonds is 10. The van der Waals surface area contributed by atoms with Gasteiger partial charge in [0.1, 0.15) is 17.8 Å². The van der Waals surface area contributed by atoms with Gasteiger partial charge in [-0.2, -0.15) is 8.78 Å². The van der Waals surface area contributed by atoms with Gasteiger partial charge in [0, 0.05) is 34.2 Å². The van der Waals surface area contributed by atoms with Gasteiger partial charge < -0.3 is 36.0 Å². The van der Waals surface area contributed by atoms with Crippen LogP contribution in [0.2, 0.25) is 0 Å². The molecule has 0 radical (unpaired) electrons. The predicted octanol–water partition coefficient (Wildman–Crippen LogP) is 3.82. The molecule has 4 rings (SSSR count). The lowest BCUT2D eigenvalue weighted by atomic mass is 9.97. The molecule has 2 aliphatic heterocycles. The molecule has 0 unspecified atom stereocenters. The molecule has 43 heavy (non-hydrogen) atoms. The SMILES string of the molecule is C=C(N)CC[C@H](NC(=O)[C@@H]1CC[C@@H]2CCCC[C@H](NC(=O)c3cc4cc(C(F)(F)P(=O)(O)O)ccc4[nH]3)C(=O)N21)C(C)C. The van der Waals surface area contributed by atoms with Crippen LogP contribution < -0.4 is 16.4 Å². The normalized spacial score (nSPS) is 22.2. The van der Waals surface area contributed by atoms with E-state index < -0.39 is 36.8 Å². The molecule has 2 fully saturated rings. The van der Waals surface area contributed by atoms with Gasteiger partial charge in [-0.1, -0.05) is 39.3 Å². The summed E-state index contributed by atoms with van der Waals surface area (Å²) in [5.41, 5.74) is 1.29. The van der Waals surface area contributed by atoms with E-state index in [0.717, 1.165) is 25.0 Å². The molecule has 2 aromatic rings. The van der Waals surface area contributed by atoms with Gasteiger partial charge in [0.2, 0.25) is 11.8 Å². The van der Waals surface area contributed by atoms with E-state index in [1.165, 1.54) is 12.1 Å². The van der Waals surface area contributed by atoms with Gasteiger partial charge in [-0.3, -0.25) is 18.9 Å². The second-order valence-electron chi connectivity index (χ2n) is 11.9. The van der Waals surface area contributed by atoms with Crippen molar-refractivity contribution in [3.63, 3.8) is 0 Å². The van der Waals surface area contributed by atoms with Gasteiger partial charge in [-0.05, 0) is 62.6 Å². The molecule has 7 N–H and O–H groups in total. The summed E-state index contributed by atoms with van der Waals surface area (Å²) < 4.78 is 39.7. The van der Waals surface area contributed by atoms with Crippen LogP contribution in [0.15, 0.2) is 36.5 Å². The lowest BCUT2D eigenvalue weighted by Gasteiger charge is -2.36. The largest absolute Gasteiger partial charge is 0.403 e. The summed E-state index contributed by atoms with van der Waals surface area (Å²) in [7, 11) is -5.76. The number of benzene rings is 1. The van der Waals surface area contributed by atoms with Crippen molar-refractivity contribution in [2.24, 2.45) is 11.7 Å². The van der Waals surface area contributed by atoms with E-state index in [9.17, 15) is 27.7 Å². The molecule has 3 amide bonds. The summed E-state index contributed by atoms with van der Waals surface area (Å²) in [5, 5.41) is 6.00. The second-order valence-corrected chi connectivity index (χ2v) is 13.6. The first-order chi connectivity index (χ1) is 20.1. The number of alkyl halides is 2. The van der Waals surface area contributed by atoms with Crippen molar-refractivity contribution in [1.29, 1.82) is 0 Å². The summed E-state index contributed by atoms with van der Waals surface area (Å²) >= 11 is 0. The zero-order chi connectivity index (χ0) is 31.7. The van der Waals surface area contributed by atoms with Crippen LogP contribution in [0.1, 0.15) is 81.3 Å². The summed E-state index contributed by atoms with van der Waals surface area (Å²) in [6.07, 6.45) is 5.05. The van der Waals surface area contributed by atoms with Crippen molar-refractivity contribution in [2.75, 3.05) is 0 Å². The molecule has 0 bridgehead atoms. The van der Waals surface area contributed by atoms with Crippen molar-refractivity contribution in [1.82, 2.24) is 20.5 Å². The number of nitrogens with two attached hydrogens (primary N) is 1. The van der Waals surface area contributed by atoms with Gasteiger partial charge in [-0.15, -0.1) is 0 Å². The molecule has 0 saturated carbocycles. The maximum Gasteiger partial charge on any atom is 0.399 e.